The number of carbonyl (C=O) groups is 2. The van der Waals surface area contributed by atoms with Gasteiger partial charge in [0, 0.05) is 40.6 Å². The number of anilines is 3. The minimum atomic E-state index is -1.16. The molecule has 8 nitrogen and oxygen atoms in total. The highest BCUT2D eigenvalue weighted by Gasteiger charge is 2.26. The van der Waals surface area contributed by atoms with Gasteiger partial charge in [-0.15, -0.1) is 0 Å². The maximum atomic E-state index is 13.3. The summed E-state index contributed by atoms with van der Waals surface area (Å²) >= 11 is 5.91. The van der Waals surface area contributed by atoms with Gasteiger partial charge in [0.1, 0.15) is 12.9 Å². The predicted octanol–water partition coefficient (Wildman–Crippen LogP) is 6.53. The number of piperidine rings is 1. The first-order valence-corrected chi connectivity index (χ1v) is 12.4. The molecular formula is C28H29ClN4O4. The van der Waals surface area contributed by atoms with Gasteiger partial charge in [-0.2, -0.15) is 0 Å². The number of nitrogens with zero attached hydrogens (tertiary/aromatic N) is 2. The first-order valence-electron chi connectivity index (χ1n) is 12.0. The van der Waals surface area contributed by atoms with E-state index in [0.717, 1.165) is 42.9 Å². The molecule has 2 amide bonds. The van der Waals surface area contributed by atoms with Crippen LogP contribution >= 0.6 is 11.6 Å². The Hall–Kier alpha value is -4.04. The van der Waals surface area contributed by atoms with Gasteiger partial charge >= 0.3 is 6.09 Å². The quantitative estimate of drug-likeness (QED) is 0.346. The van der Waals surface area contributed by atoms with Gasteiger partial charge < -0.3 is 19.8 Å². The third kappa shape index (κ3) is 6.80. The number of rotatable bonds is 7. The summed E-state index contributed by atoms with van der Waals surface area (Å²) in [7, 11) is 1.55. The molecule has 1 atom stereocenters. The standard InChI is InChI=1S/C28H29ClN4O4/c1-19-18-23(15-16-24(19)33-17-7-6-10-25(33)32-36-2)30-27(34)26(20-8-4-3-5-9-20)37-28(35)31-22-13-11-21(29)12-14-22/h3-5,8-9,11-16,18,26H,6-7,10,17H2,1-2H3,(H,30,34)(H,31,35). The molecule has 1 fully saturated rings. The van der Waals surface area contributed by atoms with E-state index < -0.39 is 18.1 Å². The number of benzene rings is 3. The summed E-state index contributed by atoms with van der Waals surface area (Å²) in [5.74, 6) is 0.419. The van der Waals surface area contributed by atoms with Gasteiger partial charge in [0.05, 0.1) is 0 Å². The van der Waals surface area contributed by atoms with E-state index in [2.05, 4.69) is 20.7 Å². The molecule has 37 heavy (non-hydrogen) atoms. The van der Waals surface area contributed by atoms with Crippen molar-refractivity contribution in [3.05, 3.63) is 88.9 Å². The smallest absolute Gasteiger partial charge is 0.412 e. The van der Waals surface area contributed by atoms with E-state index >= 15 is 0 Å². The number of halogens is 1. The van der Waals surface area contributed by atoms with Crippen molar-refractivity contribution >= 4 is 46.5 Å². The van der Waals surface area contributed by atoms with Gasteiger partial charge in [-0.05, 0) is 67.8 Å². The van der Waals surface area contributed by atoms with E-state index in [-0.39, 0.29) is 0 Å². The lowest BCUT2D eigenvalue weighted by Gasteiger charge is -2.31. The second-order valence-corrected chi connectivity index (χ2v) is 9.05. The van der Waals surface area contributed by atoms with Crippen LogP contribution < -0.4 is 15.5 Å². The fourth-order valence-electron chi connectivity index (χ4n) is 4.21. The number of amidine groups is 1. The number of oxime groups is 1. The average molecular weight is 521 g/mol. The van der Waals surface area contributed by atoms with Crippen molar-refractivity contribution in [3.8, 4) is 0 Å². The Labute approximate surface area is 221 Å². The molecule has 0 bridgehead atoms. The lowest BCUT2D eigenvalue weighted by molar-refractivity contribution is -0.124. The maximum Gasteiger partial charge on any atom is 0.412 e. The Bertz CT molecular complexity index is 1260. The first kappa shape index (κ1) is 26.0. The molecule has 2 N–H and O–H groups in total. The summed E-state index contributed by atoms with van der Waals surface area (Å²) in [5, 5.41) is 10.2. The molecule has 1 unspecified atom stereocenters. The van der Waals surface area contributed by atoms with Crippen LogP contribution in [0, 0.1) is 6.92 Å². The zero-order valence-electron chi connectivity index (χ0n) is 20.7. The first-order chi connectivity index (χ1) is 17.9. The molecule has 192 valence electrons. The van der Waals surface area contributed by atoms with E-state index in [9.17, 15) is 9.59 Å². The number of amides is 2. The van der Waals surface area contributed by atoms with E-state index in [1.165, 1.54) is 0 Å². The van der Waals surface area contributed by atoms with Crippen molar-refractivity contribution < 1.29 is 19.2 Å². The number of hydrogen-bond acceptors (Lipinski definition) is 5. The fourth-order valence-corrected chi connectivity index (χ4v) is 4.34. The minimum Gasteiger partial charge on any atom is -0.431 e. The van der Waals surface area contributed by atoms with Gasteiger partial charge in [0.25, 0.3) is 5.91 Å². The zero-order valence-corrected chi connectivity index (χ0v) is 21.5. The summed E-state index contributed by atoms with van der Waals surface area (Å²) in [6.07, 6.45) is 1.07. The number of carbonyl (C=O) groups excluding carboxylic acids is 2. The molecule has 0 saturated carbocycles. The van der Waals surface area contributed by atoms with Gasteiger partial charge in [0.15, 0.2) is 0 Å². The molecular weight excluding hydrogens is 492 g/mol. The van der Waals surface area contributed by atoms with Crippen LogP contribution in [-0.2, 0) is 14.4 Å². The number of hydrogen-bond donors (Lipinski definition) is 2. The van der Waals surface area contributed by atoms with Crippen LogP contribution in [0.5, 0.6) is 0 Å². The highest BCUT2D eigenvalue weighted by Crippen LogP contribution is 2.29. The average Bonchev–Trinajstić information content (AvgIpc) is 2.90. The molecule has 0 aromatic heterocycles. The topological polar surface area (TPSA) is 92.3 Å². The van der Waals surface area contributed by atoms with Gasteiger partial charge in [-0.25, -0.2) is 4.79 Å². The SMILES string of the molecule is CON=C1CCCCN1c1ccc(NC(=O)C(OC(=O)Nc2ccc(Cl)cc2)c2ccccc2)cc1C. The normalized spacial score (nSPS) is 15.1. The Balaban J connectivity index is 1.50. The maximum absolute atomic E-state index is 13.3. The third-order valence-corrected chi connectivity index (χ3v) is 6.20. The van der Waals surface area contributed by atoms with Crippen LogP contribution in [0.1, 0.15) is 36.5 Å². The molecule has 0 radical (unpaired) electrons. The largest absolute Gasteiger partial charge is 0.431 e. The number of ether oxygens (including phenoxy) is 1. The summed E-state index contributed by atoms with van der Waals surface area (Å²) in [6, 6.07) is 21.1. The van der Waals surface area contributed by atoms with Crippen LogP contribution in [0.3, 0.4) is 0 Å². The molecule has 1 aliphatic heterocycles. The molecule has 4 rings (SSSR count). The number of nitrogens with one attached hydrogen (secondary N) is 2. The van der Waals surface area contributed by atoms with Crippen LogP contribution in [0.2, 0.25) is 5.02 Å². The monoisotopic (exact) mass is 520 g/mol. The molecule has 1 heterocycles. The van der Waals surface area contributed by atoms with Crippen LogP contribution in [0.25, 0.3) is 0 Å². The Morgan fingerprint density at radius 3 is 2.41 bits per heavy atom. The fraction of sp³-hybridized carbons (Fsp3) is 0.250. The lowest BCUT2D eigenvalue weighted by Crippen LogP contribution is -2.36. The van der Waals surface area contributed by atoms with Crippen molar-refractivity contribution in [1.29, 1.82) is 0 Å². The molecule has 0 aliphatic carbocycles. The summed E-state index contributed by atoms with van der Waals surface area (Å²) in [4.78, 5) is 33.1. The van der Waals surface area contributed by atoms with Crippen LogP contribution in [-0.4, -0.2) is 31.5 Å². The van der Waals surface area contributed by atoms with Crippen LogP contribution in [0.4, 0.5) is 21.9 Å². The summed E-state index contributed by atoms with van der Waals surface area (Å²) in [6.45, 7) is 2.83. The molecule has 3 aromatic rings. The van der Waals surface area contributed by atoms with Crippen molar-refractivity contribution in [1.82, 2.24) is 0 Å². The van der Waals surface area contributed by atoms with E-state index in [0.29, 0.717) is 22.0 Å². The molecule has 3 aromatic carbocycles. The predicted molar refractivity (Wildman–Crippen MR) is 146 cm³/mol. The molecule has 1 aliphatic rings. The van der Waals surface area contributed by atoms with E-state index in [1.54, 1.807) is 55.6 Å². The van der Waals surface area contributed by atoms with Crippen molar-refractivity contribution in [2.75, 3.05) is 29.2 Å². The second kappa shape index (κ2) is 12.3. The second-order valence-electron chi connectivity index (χ2n) is 8.62. The lowest BCUT2D eigenvalue weighted by atomic mass is 10.1. The highest BCUT2D eigenvalue weighted by molar-refractivity contribution is 6.30. The Morgan fingerprint density at radius 1 is 0.973 bits per heavy atom. The summed E-state index contributed by atoms with van der Waals surface area (Å²) < 4.78 is 5.56. The third-order valence-electron chi connectivity index (χ3n) is 5.95. The van der Waals surface area contributed by atoms with Crippen LogP contribution in [0.15, 0.2) is 78.0 Å². The zero-order chi connectivity index (χ0) is 26.2. The number of aryl methyl sites for hydroxylation is 1. The minimum absolute atomic E-state index is 0.468. The Morgan fingerprint density at radius 2 is 1.70 bits per heavy atom. The highest BCUT2D eigenvalue weighted by atomic mass is 35.5. The van der Waals surface area contributed by atoms with Gasteiger partial charge in [0.2, 0.25) is 6.10 Å². The molecule has 9 heteroatoms. The molecule has 0 spiro atoms. The van der Waals surface area contributed by atoms with Crippen molar-refractivity contribution in [2.24, 2.45) is 5.16 Å². The Kier molecular flexibility index (Phi) is 8.64. The van der Waals surface area contributed by atoms with Crippen molar-refractivity contribution in [3.63, 3.8) is 0 Å². The van der Waals surface area contributed by atoms with E-state index in [4.69, 9.17) is 21.2 Å². The summed E-state index contributed by atoms with van der Waals surface area (Å²) in [5.41, 5.74) is 3.62. The molecule has 1 saturated heterocycles. The van der Waals surface area contributed by atoms with E-state index in [1.807, 2.05) is 31.2 Å². The van der Waals surface area contributed by atoms with Gasteiger partial charge in [-0.3, -0.25) is 10.1 Å². The van der Waals surface area contributed by atoms with Gasteiger partial charge in [-0.1, -0.05) is 47.1 Å². The van der Waals surface area contributed by atoms with Crippen molar-refractivity contribution in [2.45, 2.75) is 32.3 Å².